The second-order valence-electron chi connectivity index (χ2n) is 4.18. The van der Waals surface area contributed by atoms with Gasteiger partial charge in [-0.1, -0.05) is 25.1 Å². The van der Waals surface area contributed by atoms with E-state index in [2.05, 4.69) is 5.32 Å². The van der Waals surface area contributed by atoms with Gasteiger partial charge in [-0.05, 0) is 31.5 Å². The van der Waals surface area contributed by atoms with Crippen LogP contribution in [-0.2, 0) is 0 Å². The Morgan fingerprint density at radius 2 is 2.06 bits per heavy atom. The quantitative estimate of drug-likeness (QED) is 0.821. The van der Waals surface area contributed by atoms with E-state index in [1.807, 2.05) is 44.2 Å². The number of carbonyl (C=O) groups is 1. The van der Waals surface area contributed by atoms with Crippen molar-refractivity contribution in [3.63, 3.8) is 0 Å². The van der Waals surface area contributed by atoms with Gasteiger partial charge in [-0.2, -0.15) is 0 Å². The van der Waals surface area contributed by atoms with E-state index in [4.69, 9.17) is 5.73 Å². The number of para-hydroxylation sites is 1. The van der Waals surface area contributed by atoms with E-state index in [1.54, 1.807) is 4.90 Å². The van der Waals surface area contributed by atoms with Crippen LogP contribution in [0.15, 0.2) is 30.3 Å². The largest absolute Gasteiger partial charge is 0.330 e. The molecule has 1 unspecified atom stereocenters. The molecule has 0 aliphatic rings. The fourth-order valence-corrected chi connectivity index (χ4v) is 1.53. The van der Waals surface area contributed by atoms with E-state index in [1.165, 1.54) is 0 Å². The summed E-state index contributed by atoms with van der Waals surface area (Å²) < 4.78 is 0. The molecule has 17 heavy (non-hydrogen) atoms. The molecule has 0 bridgehead atoms. The van der Waals surface area contributed by atoms with Gasteiger partial charge in [0.05, 0.1) is 0 Å². The third-order valence-electron chi connectivity index (χ3n) is 2.63. The van der Waals surface area contributed by atoms with Gasteiger partial charge in [-0.3, -0.25) is 0 Å². The molecule has 94 valence electrons. The van der Waals surface area contributed by atoms with Gasteiger partial charge in [0.1, 0.15) is 0 Å². The zero-order valence-corrected chi connectivity index (χ0v) is 10.5. The van der Waals surface area contributed by atoms with Crippen LogP contribution in [0.5, 0.6) is 0 Å². The van der Waals surface area contributed by atoms with Gasteiger partial charge in [-0.25, -0.2) is 4.79 Å². The highest BCUT2D eigenvalue weighted by Crippen LogP contribution is 2.07. The van der Waals surface area contributed by atoms with E-state index in [0.717, 1.165) is 5.69 Å². The van der Waals surface area contributed by atoms with Crippen LogP contribution in [-0.4, -0.2) is 30.6 Å². The highest BCUT2D eigenvalue weighted by molar-refractivity contribution is 5.89. The number of hydrogen-bond acceptors (Lipinski definition) is 2. The molecule has 0 aliphatic heterocycles. The van der Waals surface area contributed by atoms with Gasteiger partial charge < -0.3 is 16.0 Å². The summed E-state index contributed by atoms with van der Waals surface area (Å²) in [6.07, 6.45) is 0. The van der Waals surface area contributed by atoms with E-state index in [-0.39, 0.29) is 6.03 Å². The lowest BCUT2D eigenvalue weighted by molar-refractivity contribution is 0.206. The summed E-state index contributed by atoms with van der Waals surface area (Å²) in [7, 11) is 0. The zero-order valence-electron chi connectivity index (χ0n) is 10.5. The third kappa shape index (κ3) is 4.44. The van der Waals surface area contributed by atoms with Crippen LogP contribution in [0.25, 0.3) is 0 Å². The van der Waals surface area contributed by atoms with Gasteiger partial charge >= 0.3 is 6.03 Å². The van der Waals surface area contributed by atoms with E-state index in [0.29, 0.717) is 25.6 Å². The summed E-state index contributed by atoms with van der Waals surface area (Å²) in [5.74, 6) is 0.316. The normalized spacial score (nSPS) is 11.9. The maximum atomic E-state index is 12.0. The highest BCUT2D eigenvalue weighted by atomic mass is 16.2. The molecule has 0 aliphatic carbocycles. The fourth-order valence-electron chi connectivity index (χ4n) is 1.53. The summed E-state index contributed by atoms with van der Waals surface area (Å²) >= 11 is 0. The van der Waals surface area contributed by atoms with Gasteiger partial charge in [0.25, 0.3) is 0 Å². The van der Waals surface area contributed by atoms with Crippen LogP contribution < -0.4 is 11.1 Å². The molecule has 0 saturated heterocycles. The van der Waals surface area contributed by atoms with Crippen molar-refractivity contribution in [3.05, 3.63) is 30.3 Å². The standard InChI is InChI=1S/C13H21N3O/c1-3-16(10-11(2)9-14)13(17)15-12-7-5-4-6-8-12/h4-8,11H,3,9-10,14H2,1-2H3,(H,15,17). The first-order valence-corrected chi connectivity index (χ1v) is 5.98. The van der Waals surface area contributed by atoms with Crippen molar-refractivity contribution in [1.29, 1.82) is 0 Å². The Balaban J connectivity index is 2.55. The van der Waals surface area contributed by atoms with E-state index >= 15 is 0 Å². The molecule has 0 heterocycles. The summed E-state index contributed by atoms with van der Waals surface area (Å²) in [5.41, 5.74) is 6.39. The lowest BCUT2D eigenvalue weighted by atomic mass is 10.2. The number of hydrogen-bond donors (Lipinski definition) is 2. The first kappa shape index (κ1) is 13.5. The Hall–Kier alpha value is -1.55. The van der Waals surface area contributed by atoms with Crippen LogP contribution >= 0.6 is 0 Å². The summed E-state index contributed by atoms with van der Waals surface area (Å²) in [4.78, 5) is 13.7. The predicted molar refractivity (Wildman–Crippen MR) is 70.9 cm³/mol. The predicted octanol–water partition coefficient (Wildman–Crippen LogP) is 2.14. The van der Waals surface area contributed by atoms with Crippen molar-refractivity contribution in [2.24, 2.45) is 11.7 Å². The molecule has 3 N–H and O–H groups in total. The van der Waals surface area contributed by atoms with Crippen molar-refractivity contribution in [2.75, 3.05) is 25.0 Å². The Bertz CT molecular complexity index is 340. The van der Waals surface area contributed by atoms with Gasteiger partial charge in [-0.15, -0.1) is 0 Å². The Morgan fingerprint density at radius 3 is 2.59 bits per heavy atom. The number of anilines is 1. The molecular weight excluding hydrogens is 214 g/mol. The topological polar surface area (TPSA) is 58.4 Å². The smallest absolute Gasteiger partial charge is 0.321 e. The number of nitrogens with one attached hydrogen (secondary N) is 1. The molecule has 0 radical (unpaired) electrons. The van der Waals surface area contributed by atoms with Crippen molar-refractivity contribution in [3.8, 4) is 0 Å². The second-order valence-corrected chi connectivity index (χ2v) is 4.18. The number of nitrogens with zero attached hydrogens (tertiary/aromatic N) is 1. The average Bonchev–Trinajstić information content (AvgIpc) is 2.36. The fraction of sp³-hybridized carbons (Fsp3) is 0.462. The number of carbonyl (C=O) groups excluding carboxylic acids is 1. The monoisotopic (exact) mass is 235 g/mol. The molecule has 0 spiro atoms. The summed E-state index contributed by atoms with van der Waals surface area (Å²) in [6, 6.07) is 9.39. The van der Waals surface area contributed by atoms with Crippen molar-refractivity contribution in [2.45, 2.75) is 13.8 Å². The minimum atomic E-state index is -0.0704. The maximum absolute atomic E-state index is 12.0. The first-order valence-electron chi connectivity index (χ1n) is 5.98. The molecule has 0 aromatic heterocycles. The third-order valence-corrected chi connectivity index (χ3v) is 2.63. The number of benzene rings is 1. The van der Waals surface area contributed by atoms with Crippen molar-refractivity contribution >= 4 is 11.7 Å². The summed E-state index contributed by atoms with van der Waals surface area (Å²) in [5, 5.41) is 2.87. The van der Waals surface area contributed by atoms with Crippen molar-refractivity contribution < 1.29 is 4.79 Å². The first-order chi connectivity index (χ1) is 8.17. The van der Waals surface area contributed by atoms with Gasteiger partial charge in [0, 0.05) is 18.8 Å². The van der Waals surface area contributed by atoms with E-state index < -0.39 is 0 Å². The number of rotatable bonds is 5. The zero-order chi connectivity index (χ0) is 12.7. The van der Waals surface area contributed by atoms with Crippen LogP contribution in [0.2, 0.25) is 0 Å². The minimum absolute atomic E-state index is 0.0704. The number of amides is 2. The molecule has 2 amide bonds. The minimum Gasteiger partial charge on any atom is -0.330 e. The highest BCUT2D eigenvalue weighted by Gasteiger charge is 2.13. The number of nitrogens with two attached hydrogens (primary N) is 1. The Morgan fingerprint density at radius 1 is 1.41 bits per heavy atom. The van der Waals surface area contributed by atoms with Crippen LogP contribution in [0.1, 0.15) is 13.8 Å². The molecule has 1 rings (SSSR count). The van der Waals surface area contributed by atoms with Crippen LogP contribution in [0.3, 0.4) is 0 Å². The molecular formula is C13H21N3O. The lowest BCUT2D eigenvalue weighted by Crippen LogP contribution is -2.39. The molecule has 0 saturated carbocycles. The lowest BCUT2D eigenvalue weighted by Gasteiger charge is -2.24. The maximum Gasteiger partial charge on any atom is 0.321 e. The van der Waals surface area contributed by atoms with Crippen LogP contribution in [0.4, 0.5) is 10.5 Å². The molecule has 1 aromatic carbocycles. The molecule has 4 heteroatoms. The molecule has 4 nitrogen and oxygen atoms in total. The average molecular weight is 235 g/mol. The van der Waals surface area contributed by atoms with Gasteiger partial charge in [0.15, 0.2) is 0 Å². The molecule has 1 atom stereocenters. The Labute approximate surface area is 103 Å². The van der Waals surface area contributed by atoms with Gasteiger partial charge in [0.2, 0.25) is 0 Å². The Kier molecular flexibility index (Phi) is 5.49. The SMILES string of the molecule is CCN(CC(C)CN)C(=O)Nc1ccccc1. The number of urea groups is 1. The summed E-state index contributed by atoms with van der Waals surface area (Å²) in [6.45, 7) is 5.97. The van der Waals surface area contributed by atoms with E-state index in [9.17, 15) is 4.79 Å². The van der Waals surface area contributed by atoms with Crippen LogP contribution in [0, 0.1) is 5.92 Å². The molecule has 1 aromatic rings. The second kappa shape index (κ2) is 6.91. The van der Waals surface area contributed by atoms with Crippen molar-refractivity contribution in [1.82, 2.24) is 4.90 Å². The molecule has 0 fully saturated rings.